The van der Waals surface area contributed by atoms with Crippen molar-refractivity contribution in [1.82, 2.24) is 10.3 Å². The van der Waals surface area contributed by atoms with E-state index in [-0.39, 0.29) is 0 Å². The van der Waals surface area contributed by atoms with Crippen LogP contribution in [0, 0.1) is 0 Å². The normalized spacial score (nSPS) is 14.6. The summed E-state index contributed by atoms with van der Waals surface area (Å²) in [6, 6.07) is 5.24. The van der Waals surface area contributed by atoms with Crippen LogP contribution in [0.4, 0.5) is 0 Å². The van der Waals surface area contributed by atoms with Crippen LogP contribution >= 0.6 is 22.7 Å². The molecule has 0 aliphatic rings. The lowest BCUT2D eigenvalue weighted by Gasteiger charge is -2.19. The molecule has 0 aliphatic carbocycles. The van der Waals surface area contributed by atoms with Crippen LogP contribution in [-0.2, 0) is 6.42 Å². The van der Waals surface area contributed by atoms with Gasteiger partial charge in [-0.3, -0.25) is 0 Å². The molecule has 0 amide bonds. The summed E-state index contributed by atoms with van der Waals surface area (Å²) in [7, 11) is 0. The first-order valence-corrected chi connectivity index (χ1v) is 8.18. The second-order valence-corrected chi connectivity index (χ2v) is 6.50. The third-order valence-corrected chi connectivity index (χ3v) is 5.37. The van der Waals surface area contributed by atoms with E-state index in [9.17, 15) is 0 Å². The highest BCUT2D eigenvalue weighted by Crippen LogP contribution is 2.27. The molecule has 1 N–H and O–H groups in total. The van der Waals surface area contributed by atoms with Crippen LogP contribution in [-0.4, -0.2) is 4.98 Å². The zero-order chi connectivity index (χ0) is 13.0. The summed E-state index contributed by atoms with van der Waals surface area (Å²) in [5.41, 5.74) is 0. The number of aryl methyl sites for hydroxylation is 1. The maximum Gasteiger partial charge on any atom is 0.109 e. The Hall–Kier alpha value is -0.710. The van der Waals surface area contributed by atoms with Gasteiger partial charge in [-0.1, -0.05) is 13.8 Å². The predicted octanol–water partition coefficient (Wildman–Crippen LogP) is 4.57. The molecule has 2 nitrogen and oxygen atoms in total. The molecule has 0 saturated carbocycles. The molecule has 18 heavy (non-hydrogen) atoms. The molecule has 98 valence electrons. The van der Waals surface area contributed by atoms with E-state index in [1.807, 2.05) is 22.9 Å². The number of nitrogens with zero attached hydrogens (tertiary/aromatic N) is 1. The zero-order valence-electron chi connectivity index (χ0n) is 11.1. The average Bonchev–Trinajstić information content (AvgIpc) is 3.05. The van der Waals surface area contributed by atoms with Gasteiger partial charge < -0.3 is 5.32 Å². The van der Waals surface area contributed by atoms with Gasteiger partial charge in [-0.2, -0.15) is 0 Å². The Bertz CT molecular complexity index is 462. The van der Waals surface area contributed by atoms with Crippen molar-refractivity contribution in [2.24, 2.45) is 0 Å². The van der Waals surface area contributed by atoms with Crippen molar-refractivity contribution in [1.29, 1.82) is 0 Å². The minimum absolute atomic E-state index is 0.368. The van der Waals surface area contributed by atoms with Crippen molar-refractivity contribution >= 4 is 22.7 Å². The number of hydrogen-bond acceptors (Lipinski definition) is 4. The highest BCUT2D eigenvalue weighted by atomic mass is 32.1. The van der Waals surface area contributed by atoms with Gasteiger partial charge in [0, 0.05) is 27.4 Å². The van der Waals surface area contributed by atoms with Crippen LogP contribution in [0.2, 0.25) is 0 Å². The molecule has 2 unspecified atom stereocenters. The summed E-state index contributed by atoms with van der Waals surface area (Å²) >= 11 is 3.64. The summed E-state index contributed by atoms with van der Waals surface area (Å²) in [4.78, 5) is 7.29. The monoisotopic (exact) mass is 280 g/mol. The lowest BCUT2D eigenvalue weighted by Crippen LogP contribution is -2.23. The molecule has 2 aromatic heterocycles. The minimum Gasteiger partial charge on any atom is -0.301 e. The first-order valence-electron chi connectivity index (χ1n) is 6.48. The fourth-order valence-corrected chi connectivity index (χ4v) is 3.72. The Morgan fingerprint density at radius 3 is 2.72 bits per heavy atom. The molecule has 0 saturated heterocycles. The van der Waals surface area contributed by atoms with Gasteiger partial charge in [0.2, 0.25) is 0 Å². The number of thiophene rings is 1. The average molecular weight is 280 g/mol. The van der Waals surface area contributed by atoms with Gasteiger partial charge in [-0.05, 0) is 31.9 Å². The smallest absolute Gasteiger partial charge is 0.109 e. The van der Waals surface area contributed by atoms with E-state index in [1.54, 1.807) is 11.3 Å². The summed E-state index contributed by atoms with van der Waals surface area (Å²) < 4.78 is 0. The molecular formula is C14H20N2S2. The first-order chi connectivity index (χ1) is 8.74. The van der Waals surface area contributed by atoms with Gasteiger partial charge in [0.05, 0.1) is 6.04 Å². The SMILES string of the molecule is CCc1ccc(C(C)NC(CC)c2nccs2)s1. The van der Waals surface area contributed by atoms with Crippen molar-refractivity contribution < 1.29 is 0 Å². The Kier molecular flexibility index (Phi) is 4.92. The number of nitrogens with one attached hydrogen (secondary N) is 1. The highest BCUT2D eigenvalue weighted by Gasteiger charge is 2.16. The second kappa shape index (κ2) is 6.45. The van der Waals surface area contributed by atoms with E-state index < -0.39 is 0 Å². The van der Waals surface area contributed by atoms with Crippen molar-refractivity contribution in [3.8, 4) is 0 Å². The Labute approximate surface area is 117 Å². The third kappa shape index (κ3) is 3.19. The van der Waals surface area contributed by atoms with E-state index in [2.05, 4.69) is 43.2 Å². The predicted molar refractivity (Wildman–Crippen MR) is 80.4 cm³/mol. The van der Waals surface area contributed by atoms with Crippen LogP contribution in [0.5, 0.6) is 0 Å². The highest BCUT2D eigenvalue weighted by molar-refractivity contribution is 7.12. The van der Waals surface area contributed by atoms with Gasteiger partial charge in [0.1, 0.15) is 5.01 Å². The van der Waals surface area contributed by atoms with Crippen LogP contribution < -0.4 is 5.32 Å². The Morgan fingerprint density at radius 1 is 1.33 bits per heavy atom. The van der Waals surface area contributed by atoms with Crippen molar-refractivity contribution in [3.05, 3.63) is 38.5 Å². The number of rotatable bonds is 6. The minimum atomic E-state index is 0.368. The van der Waals surface area contributed by atoms with E-state index in [0.29, 0.717) is 12.1 Å². The molecule has 0 aromatic carbocycles. The lowest BCUT2D eigenvalue weighted by molar-refractivity contribution is 0.459. The molecule has 2 aromatic rings. The van der Waals surface area contributed by atoms with Gasteiger partial charge in [0.15, 0.2) is 0 Å². The maximum atomic E-state index is 4.41. The molecule has 2 heterocycles. The molecule has 0 aliphatic heterocycles. The molecule has 0 radical (unpaired) electrons. The lowest BCUT2D eigenvalue weighted by atomic mass is 10.2. The largest absolute Gasteiger partial charge is 0.301 e. The fourth-order valence-electron chi connectivity index (χ4n) is 1.97. The maximum absolute atomic E-state index is 4.41. The zero-order valence-corrected chi connectivity index (χ0v) is 12.8. The summed E-state index contributed by atoms with van der Waals surface area (Å²) in [5, 5.41) is 6.92. The van der Waals surface area contributed by atoms with E-state index in [4.69, 9.17) is 0 Å². The molecule has 2 atom stereocenters. The van der Waals surface area contributed by atoms with Crippen LogP contribution in [0.25, 0.3) is 0 Å². The van der Waals surface area contributed by atoms with Crippen molar-refractivity contribution in [2.75, 3.05) is 0 Å². The summed E-state index contributed by atoms with van der Waals surface area (Å²) in [6.45, 7) is 6.65. The van der Waals surface area contributed by atoms with Gasteiger partial charge in [-0.25, -0.2) is 4.98 Å². The summed E-state index contributed by atoms with van der Waals surface area (Å²) in [5.74, 6) is 0. The fraction of sp³-hybridized carbons (Fsp3) is 0.500. The number of aromatic nitrogens is 1. The van der Waals surface area contributed by atoms with E-state index in [1.165, 1.54) is 14.8 Å². The number of hydrogen-bond donors (Lipinski definition) is 1. The quantitative estimate of drug-likeness (QED) is 0.838. The molecule has 2 rings (SSSR count). The third-order valence-electron chi connectivity index (χ3n) is 3.07. The van der Waals surface area contributed by atoms with Gasteiger partial charge >= 0.3 is 0 Å². The number of thiazole rings is 1. The Morgan fingerprint density at radius 2 is 2.17 bits per heavy atom. The first kappa shape index (κ1) is 13.7. The second-order valence-electron chi connectivity index (χ2n) is 4.38. The van der Waals surface area contributed by atoms with Crippen molar-refractivity contribution in [3.63, 3.8) is 0 Å². The molecule has 0 spiro atoms. The Balaban J connectivity index is 2.03. The van der Waals surface area contributed by atoms with Crippen LogP contribution in [0.15, 0.2) is 23.7 Å². The van der Waals surface area contributed by atoms with Crippen LogP contribution in [0.3, 0.4) is 0 Å². The summed E-state index contributed by atoms with van der Waals surface area (Å²) in [6.07, 6.45) is 4.08. The van der Waals surface area contributed by atoms with E-state index in [0.717, 1.165) is 12.8 Å². The van der Waals surface area contributed by atoms with Crippen LogP contribution in [0.1, 0.15) is 54.0 Å². The van der Waals surface area contributed by atoms with E-state index >= 15 is 0 Å². The molecule has 4 heteroatoms. The standard InChI is InChI=1S/C14H20N2S2/c1-4-11-6-7-13(18-11)10(3)16-12(5-2)14-15-8-9-17-14/h6-10,12,16H,4-5H2,1-3H3. The molecule has 0 bridgehead atoms. The topological polar surface area (TPSA) is 24.9 Å². The molecular weight excluding hydrogens is 260 g/mol. The van der Waals surface area contributed by atoms with Gasteiger partial charge in [-0.15, -0.1) is 22.7 Å². The van der Waals surface area contributed by atoms with Crippen molar-refractivity contribution in [2.45, 2.75) is 45.7 Å². The van der Waals surface area contributed by atoms with Gasteiger partial charge in [0.25, 0.3) is 0 Å². The molecule has 0 fully saturated rings.